The number of imide groups is 1. The number of nitro groups is 1. The van der Waals surface area contributed by atoms with Gasteiger partial charge in [-0.2, -0.15) is 0 Å². The van der Waals surface area contributed by atoms with E-state index in [9.17, 15) is 29.3 Å². The van der Waals surface area contributed by atoms with Gasteiger partial charge in [-0.25, -0.2) is 9.69 Å². The first-order valence-corrected chi connectivity index (χ1v) is 14.1. The maximum Gasteiger partial charge on any atom is 0.338 e. The first-order valence-electron chi connectivity index (χ1n) is 14.1. The normalized spacial score (nSPS) is 21.7. The molecule has 0 radical (unpaired) electrons. The first-order chi connectivity index (χ1) is 20.8. The Morgan fingerprint density at radius 3 is 2.35 bits per heavy atom. The number of nitrogens with one attached hydrogen (secondary N) is 1. The number of para-hydroxylation sites is 1. The Bertz CT molecular complexity index is 1650. The zero-order valence-electron chi connectivity index (χ0n) is 23.2. The summed E-state index contributed by atoms with van der Waals surface area (Å²) in [4.78, 5) is 67.7. The molecule has 0 aromatic heterocycles. The van der Waals surface area contributed by atoms with Crippen LogP contribution in [0, 0.1) is 22.0 Å². The molecule has 2 saturated heterocycles. The van der Waals surface area contributed by atoms with Crippen LogP contribution in [0.3, 0.4) is 0 Å². The highest BCUT2D eigenvalue weighted by Crippen LogP contribution is 2.49. The minimum absolute atomic E-state index is 0.124. The van der Waals surface area contributed by atoms with E-state index in [0.29, 0.717) is 23.5 Å². The third-order valence-corrected chi connectivity index (χ3v) is 8.12. The summed E-state index contributed by atoms with van der Waals surface area (Å²) in [6, 6.07) is 17.4. The Balaban J connectivity index is 1.32. The first kappa shape index (κ1) is 27.8. The zero-order chi connectivity index (χ0) is 30.2. The van der Waals surface area contributed by atoms with Gasteiger partial charge < -0.3 is 15.0 Å². The number of nitro benzene ring substituents is 1. The minimum Gasteiger partial charge on any atom is -0.462 e. The van der Waals surface area contributed by atoms with Gasteiger partial charge in [0.2, 0.25) is 17.7 Å². The summed E-state index contributed by atoms with van der Waals surface area (Å²) in [7, 11) is 0. The van der Waals surface area contributed by atoms with Crippen molar-refractivity contribution >= 4 is 52.5 Å². The molecule has 3 aliphatic rings. The van der Waals surface area contributed by atoms with E-state index < -0.39 is 52.5 Å². The number of hydrogen-bond acceptors (Lipinski definition) is 8. The summed E-state index contributed by atoms with van der Waals surface area (Å²) in [5.74, 6) is -3.77. The third-order valence-electron chi connectivity index (χ3n) is 8.12. The van der Waals surface area contributed by atoms with Crippen molar-refractivity contribution in [2.24, 2.45) is 11.8 Å². The number of carbonyl (C=O) groups is 4. The maximum atomic E-state index is 14.0. The van der Waals surface area contributed by atoms with Gasteiger partial charge >= 0.3 is 5.97 Å². The Labute approximate surface area is 246 Å². The fourth-order valence-corrected chi connectivity index (χ4v) is 6.09. The number of unbranched alkanes of at least 4 members (excludes halogenated alkanes) is 1. The number of esters is 1. The molecule has 3 aromatic rings. The second-order valence-electron chi connectivity index (χ2n) is 10.7. The van der Waals surface area contributed by atoms with E-state index >= 15 is 0 Å². The van der Waals surface area contributed by atoms with Gasteiger partial charge in [-0.3, -0.25) is 24.5 Å². The van der Waals surface area contributed by atoms with Gasteiger partial charge in [0, 0.05) is 23.5 Å². The number of non-ortho nitro benzene ring substituents is 1. The number of hydrogen-bond donors (Lipinski definition) is 1. The van der Waals surface area contributed by atoms with Crippen LogP contribution in [0.25, 0.3) is 6.08 Å². The summed E-state index contributed by atoms with van der Waals surface area (Å²) < 4.78 is 5.25. The highest BCUT2D eigenvalue weighted by atomic mass is 16.6. The number of amides is 3. The molecule has 0 unspecified atom stereocenters. The highest BCUT2D eigenvalue weighted by molar-refractivity contribution is 6.25. The molecule has 1 N–H and O–H groups in total. The zero-order valence-corrected chi connectivity index (χ0v) is 23.2. The molecule has 0 bridgehead atoms. The van der Waals surface area contributed by atoms with Crippen molar-refractivity contribution in [2.45, 2.75) is 31.8 Å². The summed E-state index contributed by atoms with van der Waals surface area (Å²) in [5.41, 5.74) is 2.39. The van der Waals surface area contributed by atoms with E-state index in [1.54, 1.807) is 0 Å². The molecule has 3 aromatic carbocycles. The van der Waals surface area contributed by atoms with E-state index in [-0.39, 0.29) is 5.69 Å². The van der Waals surface area contributed by atoms with Crippen molar-refractivity contribution in [2.75, 3.05) is 21.7 Å². The van der Waals surface area contributed by atoms with E-state index in [1.807, 2.05) is 48.2 Å². The molecule has 3 heterocycles. The number of fused-ring (bicyclic) bond motifs is 5. The van der Waals surface area contributed by atoms with E-state index in [4.69, 9.17) is 4.74 Å². The lowest BCUT2D eigenvalue weighted by Crippen LogP contribution is -2.50. The van der Waals surface area contributed by atoms with Crippen LogP contribution < -0.4 is 15.1 Å². The molecule has 0 aliphatic carbocycles. The maximum absolute atomic E-state index is 14.0. The molecule has 0 spiro atoms. The Hall–Kier alpha value is -5.32. The van der Waals surface area contributed by atoms with Crippen molar-refractivity contribution in [3.63, 3.8) is 0 Å². The predicted molar refractivity (Wildman–Crippen MR) is 158 cm³/mol. The van der Waals surface area contributed by atoms with Gasteiger partial charge in [0.25, 0.3) is 5.69 Å². The molecule has 218 valence electrons. The van der Waals surface area contributed by atoms with Crippen LogP contribution in [-0.4, -0.2) is 47.3 Å². The summed E-state index contributed by atoms with van der Waals surface area (Å²) in [6.07, 6.45) is 5.38. The molecule has 3 aliphatic heterocycles. The van der Waals surface area contributed by atoms with Crippen LogP contribution in [-0.2, 0) is 19.1 Å². The second kappa shape index (κ2) is 11.2. The molecular formula is C32H28N4O7. The number of rotatable bonds is 8. The standard InChI is InChI=1S/C32H28N4O7/c1-2-3-18-43-32(40)20-8-13-22(14-9-20)34-30(38)26-25-17-10-19-6-4-5-7-24(19)35(25)28(27(26)31(34)39)29(37)33-21-11-15-23(16-12-21)36(41)42/h4-17,25-28H,2-3,18H2,1H3,(H,33,37)/t25-,26-,27-,28+/m0/s1. The lowest BCUT2D eigenvalue weighted by Gasteiger charge is -2.36. The summed E-state index contributed by atoms with van der Waals surface area (Å²) in [6.45, 7) is 2.30. The lowest BCUT2D eigenvalue weighted by molar-refractivity contribution is -0.384. The summed E-state index contributed by atoms with van der Waals surface area (Å²) >= 11 is 0. The van der Waals surface area contributed by atoms with Crippen LogP contribution in [0.1, 0.15) is 35.7 Å². The molecule has 4 atom stereocenters. The Morgan fingerprint density at radius 2 is 1.65 bits per heavy atom. The molecule has 11 heteroatoms. The highest BCUT2D eigenvalue weighted by Gasteiger charge is 2.64. The van der Waals surface area contributed by atoms with Crippen LogP contribution in [0.15, 0.2) is 78.9 Å². The number of benzene rings is 3. The second-order valence-corrected chi connectivity index (χ2v) is 10.7. The van der Waals surface area contributed by atoms with E-state index in [0.717, 1.165) is 29.0 Å². The molecule has 11 nitrogen and oxygen atoms in total. The molecule has 3 amide bonds. The smallest absolute Gasteiger partial charge is 0.338 e. The summed E-state index contributed by atoms with van der Waals surface area (Å²) in [5, 5.41) is 13.9. The number of anilines is 3. The van der Waals surface area contributed by atoms with Crippen molar-refractivity contribution < 1.29 is 28.8 Å². The van der Waals surface area contributed by atoms with Gasteiger partial charge in [0.15, 0.2) is 0 Å². The monoisotopic (exact) mass is 580 g/mol. The van der Waals surface area contributed by atoms with Gasteiger partial charge in [0.05, 0.1) is 40.7 Å². The fourth-order valence-electron chi connectivity index (χ4n) is 6.09. The van der Waals surface area contributed by atoms with Crippen LogP contribution >= 0.6 is 0 Å². The molecular weight excluding hydrogens is 552 g/mol. The predicted octanol–water partition coefficient (Wildman–Crippen LogP) is 4.58. The lowest BCUT2D eigenvalue weighted by atomic mass is 9.88. The van der Waals surface area contributed by atoms with E-state index in [1.165, 1.54) is 48.5 Å². The van der Waals surface area contributed by atoms with Gasteiger partial charge in [0.1, 0.15) is 6.04 Å². The van der Waals surface area contributed by atoms with Crippen molar-refractivity contribution in [1.82, 2.24) is 0 Å². The fraction of sp³-hybridized carbons (Fsp3) is 0.250. The molecule has 43 heavy (non-hydrogen) atoms. The third kappa shape index (κ3) is 4.82. The Morgan fingerprint density at radius 1 is 0.953 bits per heavy atom. The van der Waals surface area contributed by atoms with Crippen molar-refractivity contribution in [3.8, 4) is 0 Å². The average Bonchev–Trinajstić information content (AvgIpc) is 3.50. The molecule has 0 saturated carbocycles. The van der Waals surface area contributed by atoms with Gasteiger partial charge in [-0.1, -0.05) is 43.7 Å². The molecule has 2 fully saturated rings. The SMILES string of the molecule is CCCCOC(=O)c1ccc(N2C(=O)[C@@H]3[C@H](C2=O)[C@H](C(=O)Nc2ccc([N+](=O)[O-])cc2)N2c4ccccc4C=C[C@@H]32)cc1. The minimum atomic E-state index is -1.04. The van der Waals surface area contributed by atoms with Crippen LogP contribution in [0.4, 0.5) is 22.7 Å². The van der Waals surface area contributed by atoms with Crippen LogP contribution in [0.2, 0.25) is 0 Å². The topological polar surface area (TPSA) is 139 Å². The number of carbonyl (C=O) groups excluding carboxylic acids is 4. The van der Waals surface area contributed by atoms with Gasteiger partial charge in [-0.05, 0) is 54.4 Å². The van der Waals surface area contributed by atoms with Crippen LogP contribution in [0.5, 0.6) is 0 Å². The van der Waals surface area contributed by atoms with Gasteiger partial charge in [-0.15, -0.1) is 0 Å². The largest absolute Gasteiger partial charge is 0.462 e. The quantitative estimate of drug-likeness (QED) is 0.134. The van der Waals surface area contributed by atoms with Crippen molar-refractivity contribution in [3.05, 3.63) is 100 Å². The number of ether oxygens (including phenoxy) is 1. The van der Waals surface area contributed by atoms with E-state index in [2.05, 4.69) is 5.32 Å². The molecule has 6 rings (SSSR count). The van der Waals surface area contributed by atoms with Crippen molar-refractivity contribution in [1.29, 1.82) is 0 Å². The Kier molecular flexibility index (Phi) is 7.22. The number of nitrogens with zero attached hydrogens (tertiary/aromatic N) is 3. The average molecular weight is 581 g/mol.